The minimum absolute atomic E-state index is 0.166. The molecule has 0 saturated carbocycles. The molecule has 3 aromatic carbocycles. The number of aliphatic hydroxyl groups excluding tert-OH is 1. The lowest BCUT2D eigenvalue weighted by atomic mass is 9.95. The molecule has 4 aromatic rings. The second-order valence-corrected chi connectivity index (χ2v) is 6.05. The molecule has 1 N–H and O–H groups in total. The van der Waals surface area contributed by atoms with Gasteiger partial charge in [-0.25, -0.2) is 0 Å². The van der Waals surface area contributed by atoms with Crippen molar-refractivity contribution < 1.29 is 5.11 Å². The van der Waals surface area contributed by atoms with Crippen LogP contribution < -0.4 is 0 Å². The lowest BCUT2D eigenvalue weighted by Crippen LogP contribution is -2.18. The average molecular weight is 313 g/mol. The van der Waals surface area contributed by atoms with E-state index in [0.29, 0.717) is 0 Å². The van der Waals surface area contributed by atoms with Crippen LogP contribution in [0.5, 0.6) is 0 Å². The predicted octanol–water partition coefficient (Wildman–Crippen LogP) is 4.96. The second-order valence-electron chi connectivity index (χ2n) is 6.05. The van der Waals surface area contributed by atoms with Gasteiger partial charge in [-0.3, -0.25) is 0 Å². The van der Waals surface area contributed by atoms with E-state index in [-0.39, 0.29) is 6.04 Å². The fourth-order valence-corrected chi connectivity index (χ4v) is 3.27. The van der Waals surface area contributed by atoms with Crippen LogP contribution in [0.15, 0.2) is 97.3 Å². The number of fused-ring (bicyclic) bond motifs is 1. The first-order valence-electron chi connectivity index (χ1n) is 8.17. The molecular weight excluding hydrogens is 294 g/mol. The van der Waals surface area contributed by atoms with Gasteiger partial charge in [-0.2, -0.15) is 0 Å². The van der Waals surface area contributed by atoms with Crippen molar-refractivity contribution in [1.29, 1.82) is 0 Å². The molecule has 4 rings (SSSR count). The molecule has 118 valence electrons. The van der Waals surface area contributed by atoms with E-state index < -0.39 is 6.10 Å². The molecule has 24 heavy (non-hydrogen) atoms. The van der Waals surface area contributed by atoms with Gasteiger partial charge in [0.25, 0.3) is 0 Å². The Morgan fingerprint density at radius 3 is 1.58 bits per heavy atom. The van der Waals surface area contributed by atoms with Gasteiger partial charge in [0.05, 0.1) is 6.04 Å². The molecule has 0 aliphatic rings. The Labute approximate surface area is 141 Å². The van der Waals surface area contributed by atoms with Gasteiger partial charge in [-0.15, -0.1) is 0 Å². The van der Waals surface area contributed by atoms with E-state index in [9.17, 15) is 5.11 Å². The van der Waals surface area contributed by atoms with Crippen LogP contribution in [0.2, 0.25) is 0 Å². The van der Waals surface area contributed by atoms with E-state index in [4.69, 9.17) is 0 Å². The van der Waals surface area contributed by atoms with Crippen molar-refractivity contribution in [2.45, 2.75) is 12.1 Å². The maximum Gasteiger partial charge on any atom is 0.104 e. The van der Waals surface area contributed by atoms with E-state index in [1.807, 2.05) is 60.7 Å². The minimum Gasteiger partial charge on any atom is -0.386 e. The van der Waals surface area contributed by atoms with E-state index in [2.05, 4.69) is 41.2 Å². The fraction of sp³-hybridized carbons (Fsp3) is 0.0909. The largest absolute Gasteiger partial charge is 0.386 e. The summed E-state index contributed by atoms with van der Waals surface area (Å²) in [6.45, 7) is 0. The van der Waals surface area contributed by atoms with Crippen molar-refractivity contribution in [3.05, 3.63) is 108 Å². The average Bonchev–Trinajstić information content (AvgIpc) is 3.07. The van der Waals surface area contributed by atoms with Gasteiger partial charge in [0.15, 0.2) is 0 Å². The maximum atomic E-state index is 11.1. The smallest absolute Gasteiger partial charge is 0.104 e. The quantitative estimate of drug-likeness (QED) is 0.566. The lowest BCUT2D eigenvalue weighted by Gasteiger charge is -2.25. The molecule has 1 heterocycles. The molecule has 0 aliphatic carbocycles. The third kappa shape index (κ3) is 2.72. The number of hydrogen-bond donors (Lipinski definition) is 1. The van der Waals surface area contributed by atoms with Crippen LogP contribution in [0.25, 0.3) is 10.8 Å². The molecule has 0 bridgehead atoms. The van der Waals surface area contributed by atoms with E-state index in [1.165, 1.54) is 10.8 Å². The summed E-state index contributed by atoms with van der Waals surface area (Å²) in [4.78, 5) is 0. The summed E-state index contributed by atoms with van der Waals surface area (Å²) in [5.74, 6) is 0. The molecular formula is C22H19NO. The third-order valence-corrected chi connectivity index (χ3v) is 4.47. The molecule has 0 fully saturated rings. The zero-order chi connectivity index (χ0) is 16.4. The highest BCUT2D eigenvalue weighted by Crippen LogP contribution is 2.34. The normalized spacial score (nSPS) is 13.7. The molecule has 0 radical (unpaired) electrons. The molecule has 2 nitrogen and oxygen atoms in total. The Morgan fingerprint density at radius 2 is 1.04 bits per heavy atom. The Morgan fingerprint density at radius 1 is 0.583 bits per heavy atom. The molecule has 0 saturated heterocycles. The SMILES string of the molecule is O[C@H](c1ccccc1)[C@H](c1ccccc1)n1cc2ccccc2c1. The van der Waals surface area contributed by atoms with Crippen LogP contribution in [0, 0.1) is 0 Å². The number of aromatic nitrogens is 1. The van der Waals surface area contributed by atoms with E-state index in [0.717, 1.165) is 11.1 Å². The van der Waals surface area contributed by atoms with Gasteiger partial charge in [0.2, 0.25) is 0 Å². The molecule has 2 heteroatoms. The Hall–Kier alpha value is -2.84. The summed E-state index contributed by atoms with van der Waals surface area (Å²) in [6.07, 6.45) is 3.61. The highest BCUT2D eigenvalue weighted by Gasteiger charge is 2.24. The maximum absolute atomic E-state index is 11.1. The van der Waals surface area contributed by atoms with Gasteiger partial charge in [0.1, 0.15) is 6.10 Å². The lowest BCUT2D eigenvalue weighted by molar-refractivity contribution is 0.132. The van der Waals surface area contributed by atoms with Crippen LogP contribution >= 0.6 is 0 Å². The first-order valence-corrected chi connectivity index (χ1v) is 8.17. The molecule has 0 spiro atoms. The fourth-order valence-electron chi connectivity index (χ4n) is 3.27. The Kier molecular flexibility index (Phi) is 3.89. The molecule has 0 aliphatic heterocycles. The van der Waals surface area contributed by atoms with Gasteiger partial charge < -0.3 is 9.67 Å². The second kappa shape index (κ2) is 6.34. The van der Waals surface area contributed by atoms with Gasteiger partial charge >= 0.3 is 0 Å². The first-order chi connectivity index (χ1) is 11.8. The third-order valence-electron chi connectivity index (χ3n) is 4.47. The Balaban J connectivity index is 1.84. The summed E-state index contributed by atoms with van der Waals surface area (Å²) < 4.78 is 2.12. The van der Waals surface area contributed by atoms with Crippen molar-refractivity contribution in [2.75, 3.05) is 0 Å². The topological polar surface area (TPSA) is 25.2 Å². The summed E-state index contributed by atoms with van der Waals surface area (Å²) in [5, 5.41) is 13.5. The standard InChI is InChI=1S/C22H19NO/c24-22(18-11-5-2-6-12-18)21(17-9-3-1-4-10-17)23-15-19-13-7-8-14-20(19)16-23/h1-16,21-22,24H/t21-,22+/m0/s1. The number of nitrogens with zero attached hydrogens (tertiary/aromatic N) is 1. The Bertz CT molecular complexity index is 895. The van der Waals surface area contributed by atoms with Crippen LogP contribution in [-0.2, 0) is 0 Å². The number of rotatable bonds is 4. The summed E-state index contributed by atoms with van der Waals surface area (Å²) in [7, 11) is 0. The van der Waals surface area contributed by atoms with Crippen molar-refractivity contribution in [3.8, 4) is 0 Å². The van der Waals surface area contributed by atoms with Gasteiger partial charge in [-0.05, 0) is 21.9 Å². The van der Waals surface area contributed by atoms with Crippen molar-refractivity contribution in [3.63, 3.8) is 0 Å². The summed E-state index contributed by atoms with van der Waals surface area (Å²) in [5.41, 5.74) is 2.01. The molecule has 2 atom stereocenters. The molecule has 0 amide bonds. The van der Waals surface area contributed by atoms with Crippen LogP contribution in [0.1, 0.15) is 23.3 Å². The summed E-state index contributed by atoms with van der Waals surface area (Å²) in [6, 6.07) is 28.1. The van der Waals surface area contributed by atoms with Crippen molar-refractivity contribution >= 4 is 10.8 Å². The number of hydrogen-bond acceptors (Lipinski definition) is 1. The van der Waals surface area contributed by atoms with Crippen molar-refractivity contribution in [1.82, 2.24) is 4.57 Å². The highest BCUT2D eigenvalue weighted by molar-refractivity contribution is 5.82. The van der Waals surface area contributed by atoms with Crippen molar-refractivity contribution in [2.24, 2.45) is 0 Å². The highest BCUT2D eigenvalue weighted by atomic mass is 16.3. The molecule has 0 unspecified atom stereocenters. The summed E-state index contributed by atoms with van der Waals surface area (Å²) >= 11 is 0. The van der Waals surface area contributed by atoms with Crippen LogP contribution in [0.4, 0.5) is 0 Å². The zero-order valence-electron chi connectivity index (χ0n) is 13.3. The first kappa shape index (κ1) is 14.7. The van der Waals surface area contributed by atoms with E-state index >= 15 is 0 Å². The van der Waals surface area contributed by atoms with Gasteiger partial charge in [-0.1, -0.05) is 84.9 Å². The zero-order valence-corrected chi connectivity index (χ0v) is 13.3. The van der Waals surface area contributed by atoms with E-state index in [1.54, 1.807) is 0 Å². The molecule has 1 aromatic heterocycles. The van der Waals surface area contributed by atoms with Crippen LogP contribution in [-0.4, -0.2) is 9.67 Å². The minimum atomic E-state index is -0.615. The number of aliphatic hydroxyl groups is 1. The van der Waals surface area contributed by atoms with Crippen LogP contribution in [0.3, 0.4) is 0 Å². The monoisotopic (exact) mass is 313 g/mol. The number of benzene rings is 3. The predicted molar refractivity (Wildman–Crippen MR) is 97.9 cm³/mol. The van der Waals surface area contributed by atoms with Gasteiger partial charge in [0, 0.05) is 12.4 Å².